The number of rotatable bonds is 10. The molecule has 0 aromatic heterocycles. The largest absolute Gasteiger partial charge is 0.497 e. The Morgan fingerprint density at radius 1 is 0.875 bits per heavy atom. The van der Waals surface area contributed by atoms with E-state index in [-0.39, 0.29) is 6.42 Å². The number of carbonyl (C=O) groups excluding carboxylic acids is 4. The van der Waals surface area contributed by atoms with Gasteiger partial charge in [0.2, 0.25) is 0 Å². The van der Waals surface area contributed by atoms with Crippen LogP contribution in [0.1, 0.15) is 47.9 Å². The van der Waals surface area contributed by atoms with Gasteiger partial charge in [-0.05, 0) is 41.6 Å². The van der Waals surface area contributed by atoms with Crippen molar-refractivity contribution in [2.75, 3.05) is 21.3 Å². The van der Waals surface area contributed by atoms with Crippen LogP contribution in [0, 0.1) is 5.41 Å². The average Bonchev–Trinajstić information content (AvgIpc) is 3.46. The van der Waals surface area contributed by atoms with Crippen molar-refractivity contribution < 1.29 is 33.4 Å². The summed E-state index contributed by atoms with van der Waals surface area (Å²) in [6.45, 7) is 6.33. The molecule has 1 unspecified atom stereocenters. The maximum absolute atomic E-state index is 13.8. The normalized spacial score (nSPS) is 18.1. The summed E-state index contributed by atoms with van der Waals surface area (Å²) < 4.78 is 15.9. The van der Waals surface area contributed by atoms with Crippen LogP contribution in [0.25, 0.3) is 0 Å². The number of nitrogens with zero attached hydrogens (tertiary/aromatic N) is 1. The first-order valence-corrected chi connectivity index (χ1v) is 16.8. The molecule has 2 aliphatic rings. The zero-order chi connectivity index (χ0) is 29.2. The molecule has 10 heteroatoms. The van der Waals surface area contributed by atoms with Crippen molar-refractivity contribution in [3.63, 3.8) is 0 Å². The lowest BCUT2D eigenvalue weighted by molar-refractivity contribution is -0.165. The Balaban J connectivity index is 2.05. The number of hydrogen-bond donors (Lipinski definition) is 0. The number of benzene rings is 2. The first-order valence-electron chi connectivity index (χ1n) is 13.4. The van der Waals surface area contributed by atoms with Gasteiger partial charge in [-0.15, -0.1) is 0 Å². The van der Waals surface area contributed by atoms with Crippen LogP contribution in [0.15, 0.2) is 63.5 Å². The maximum atomic E-state index is 13.8. The molecule has 0 saturated heterocycles. The lowest BCUT2D eigenvalue weighted by Gasteiger charge is -2.37. The standard InChI is InChI=1S/C30H35NO7SSi/c1-7-40(8-2,9-3)24-23(31-26(32)21-12-10-11-13-22(21)27(31)33)18-30(28(34)37-5,29(35)38-6)25(24)39-20-16-14-19(36-4)15-17-20/h10-17,23H,7-9,18H2,1-6H3. The summed E-state index contributed by atoms with van der Waals surface area (Å²) in [4.78, 5) is 57.7. The first-order chi connectivity index (χ1) is 19.2. The highest BCUT2D eigenvalue weighted by Gasteiger charge is 2.64. The van der Waals surface area contributed by atoms with E-state index < -0.39 is 43.3 Å². The van der Waals surface area contributed by atoms with Gasteiger partial charge >= 0.3 is 11.9 Å². The molecule has 0 saturated carbocycles. The fourth-order valence-corrected chi connectivity index (χ4v) is 12.4. The third kappa shape index (κ3) is 4.47. The van der Waals surface area contributed by atoms with Gasteiger partial charge < -0.3 is 14.2 Å². The molecule has 40 heavy (non-hydrogen) atoms. The molecule has 1 atom stereocenters. The van der Waals surface area contributed by atoms with E-state index in [1.54, 1.807) is 43.5 Å². The van der Waals surface area contributed by atoms with Crippen LogP contribution in [-0.4, -0.2) is 64.1 Å². The van der Waals surface area contributed by atoms with Gasteiger partial charge in [0.15, 0.2) is 5.41 Å². The molecule has 0 bridgehead atoms. The molecule has 0 radical (unpaired) electrons. The van der Waals surface area contributed by atoms with Crippen LogP contribution in [0.3, 0.4) is 0 Å². The number of esters is 2. The molecular weight excluding hydrogens is 546 g/mol. The second-order valence-corrected chi connectivity index (χ2v) is 16.3. The summed E-state index contributed by atoms with van der Waals surface area (Å²) in [7, 11) is 1.61. The number of thioether (sulfide) groups is 1. The van der Waals surface area contributed by atoms with Crippen molar-refractivity contribution in [1.29, 1.82) is 0 Å². The molecule has 212 valence electrons. The summed E-state index contributed by atoms with van der Waals surface area (Å²) >= 11 is 1.30. The highest BCUT2D eigenvalue weighted by atomic mass is 32.2. The van der Waals surface area contributed by atoms with E-state index in [0.29, 0.717) is 21.8 Å². The molecular formula is C30H35NO7SSi. The number of hydrogen-bond acceptors (Lipinski definition) is 8. The topological polar surface area (TPSA) is 99.2 Å². The Bertz CT molecular complexity index is 1310. The van der Waals surface area contributed by atoms with E-state index in [9.17, 15) is 19.2 Å². The predicted molar refractivity (Wildman–Crippen MR) is 155 cm³/mol. The lowest BCUT2D eigenvalue weighted by Crippen LogP contribution is -2.49. The van der Waals surface area contributed by atoms with Crippen LogP contribution in [0.5, 0.6) is 5.75 Å². The molecule has 1 heterocycles. The van der Waals surface area contributed by atoms with Gasteiger partial charge in [-0.1, -0.05) is 62.8 Å². The minimum atomic E-state index is -2.45. The summed E-state index contributed by atoms with van der Waals surface area (Å²) in [6, 6.07) is 15.7. The zero-order valence-electron chi connectivity index (χ0n) is 23.7. The number of methoxy groups -OCH3 is 3. The smallest absolute Gasteiger partial charge is 0.328 e. The van der Waals surface area contributed by atoms with Crippen LogP contribution in [0.4, 0.5) is 0 Å². The SMILES string of the molecule is CC[Si](CC)(CC)C1=C(Sc2ccc(OC)cc2)C(C(=O)OC)(C(=O)OC)CC1N1C(=O)c2ccccc2C1=O. The number of fused-ring (bicyclic) bond motifs is 1. The van der Waals surface area contributed by atoms with Crippen LogP contribution >= 0.6 is 11.8 Å². The molecule has 4 rings (SSSR count). The van der Waals surface area contributed by atoms with E-state index in [1.807, 2.05) is 12.1 Å². The summed E-state index contributed by atoms with van der Waals surface area (Å²) in [5.41, 5.74) is -1.19. The number of imide groups is 1. The van der Waals surface area contributed by atoms with Crippen molar-refractivity contribution in [3.8, 4) is 5.75 Å². The Hall–Kier alpha value is -3.37. The van der Waals surface area contributed by atoms with Crippen LogP contribution < -0.4 is 4.74 Å². The Labute approximate surface area is 240 Å². The van der Waals surface area contributed by atoms with Gasteiger partial charge in [0.05, 0.1) is 46.6 Å². The fraction of sp³-hybridized carbons (Fsp3) is 0.400. The summed E-state index contributed by atoms with van der Waals surface area (Å²) in [5.74, 6) is -1.71. The summed E-state index contributed by atoms with van der Waals surface area (Å²) in [6.07, 6.45) is -0.125. The predicted octanol–water partition coefficient (Wildman–Crippen LogP) is 5.49. The van der Waals surface area contributed by atoms with Crippen molar-refractivity contribution in [3.05, 3.63) is 69.8 Å². The van der Waals surface area contributed by atoms with Gasteiger partial charge in [-0.3, -0.25) is 24.1 Å². The van der Waals surface area contributed by atoms with E-state index in [1.165, 1.54) is 30.9 Å². The number of amides is 2. The van der Waals surface area contributed by atoms with Crippen LogP contribution in [-0.2, 0) is 19.1 Å². The van der Waals surface area contributed by atoms with E-state index in [0.717, 1.165) is 28.2 Å². The van der Waals surface area contributed by atoms with Crippen LogP contribution in [0.2, 0.25) is 18.1 Å². The first kappa shape index (κ1) is 29.6. The van der Waals surface area contributed by atoms with Crippen molar-refractivity contribution in [2.45, 2.75) is 56.3 Å². The Morgan fingerprint density at radius 2 is 1.38 bits per heavy atom. The van der Waals surface area contributed by atoms with Gasteiger partial charge in [-0.2, -0.15) is 0 Å². The number of carbonyl (C=O) groups is 4. The Kier molecular flexibility index (Phi) is 8.60. The van der Waals surface area contributed by atoms with Gasteiger partial charge in [0.25, 0.3) is 11.8 Å². The van der Waals surface area contributed by atoms with E-state index >= 15 is 0 Å². The van der Waals surface area contributed by atoms with Crippen molar-refractivity contribution >= 4 is 43.6 Å². The molecule has 2 aromatic rings. The molecule has 0 fully saturated rings. The minimum Gasteiger partial charge on any atom is -0.497 e. The van der Waals surface area contributed by atoms with Crippen molar-refractivity contribution in [2.24, 2.45) is 5.41 Å². The number of ether oxygens (including phenoxy) is 3. The van der Waals surface area contributed by atoms with E-state index in [2.05, 4.69) is 20.8 Å². The van der Waals surface area contributed by atoms with Gasteiger partial charge in [0, 0.05) is 16.2 Å². The zero-order valence-corrected chi connectivity index (χ0v) is 25.6. The minimum absolute atomic E-state index is 0.125. The second kappa shape index (κ2) is 11.6. The molecule has 2 aromatic carbocycles. The fourth-order valence-electron chi connectivity index (χ4n) is 6.18. The molecule has 0 N–H and O–H groups in total. The third-order valence-electron chi connectivity index (χ3n) is 8.55. The monoisotopic (exact) mass is 581 g/mol. The van der Waals surface area contributed by atoms with Gasteiger partial charge in [-0.25, -0.2) is 0 Å². The quantitative estimate of drug-likeness (QED) is 0.157. The highest BCUT2D eigenvalue weighted by Crippen LogP contribution is 2.58. The molecule has 8 nitrogen and oxygen atoms in total. The van der Waals surface area contributed by atoms with E-state index in [4.69, 9.17) is 14.2 Å². The molecule has 2 amide bonds. The highest BCUT2D eigenvalue weighted by molar-refractivity contribution is 8.03. The second-order valence-electron chi connectivity index (χ2n) is 10.00. The average molecular weight is 582 g/mol. The maximum Gasteiger partial charge on any atom is 0.328 e. The third-order valence-corrected chi connectivity index (χ3v) is 15.8. The summed E-state index contributed by atoms with van der Waals surface area (Å²) in [5, 5.41) is 0.867. The van der Waals surface area contributed by atoms with Crippen molar-refractivity contribution in [1.82, 2.24) is 4.90 Å². The molecule has 1 aliphatic heterocycles. The molecule has 0 spiro atoms. The Morgan fingerprint density at radius 3 is 1.80 bits per heavy atom. The van der Waals surface area contributed by atoms with Gasteiger partial charge in [0.1, 0.15) is 5.75 Å². The molecule has 1 aliphatic carbocycles. The lowest BCUT2D eigenvalue weighted by atomic mass is 9.86.